The molecule has 0 heterocycles. The Morgan fingerprint density at radius 3 is 2.25 bits per heavy atom. The second-order valence-electron chi connectivity index (χ2n) is 6.12. The smallest absolute Gasteiger partial charge is 0.255 e. The van der Waals surface area contributed by atoms with E-state index in [4.69, 9.17) is 0 Å². The van der Waals surface area contributed by atoms with Gasteiger partial charge in [0, 0.05) is 12.1 Å². The zero-order valence-electron chi connectivity index (χ0n) is 14.9. The van der Waals surface area contributed by atoms with Crippen molar-refractivity contribution in [1.82, 2.24) is 5.32 Å². The highest BCUT2D eigenvalue weighted by molar-refractivity contribution is 6.09. The van der Waals surface area contributed by atoms with Crippen molar-refractivity contribution in [2.45, 2.75) is 6.42 Å². The largest absolute Gasteiger partial charge is 0.352 e. The van der Waals surface area contributed by atoms with Crippen molar-refractivity contribution in [2.75, 3.05) is 11.9 Å². The van der Waals surface area contributed by atoms with Crippen molar-refractivity contribution in [3.05, 3.63) is 101 Å². The van der Waals surface area contributed by atoms with Crippen LogP contribution in [-0.2, 0) is 6.42 Å². The van der Waals surface area contributed by atoms with E-state index in [2.05, 4.69) is 10.6 Å². The quantitative estimate of drug-likeness (QED) is 0.674. The first-order chi connectivity index (χ1) is 13.5. The maximum atomic E-state index is 13.3. The lowest BCUT2D eigenvalue weighted by Gasteiger charge is -2.12. The van der Waals surface area contributed by atoms with Crippen molar-refractivity contribution in [3.63, 3.8) is 0 Å². The minimum Gasteiger partial charge on any atom is -0.352 e. The molecule has 0 aliphatic carbocycles. The third-order valence-electron chi connectivity index (χ3n) is 4.14. The fourth-order valence-electron chi connectivity index (χ4n) is 2.68. The summed E-state index contributed by atoms with van der Waals surface area (Å²) in [5.74, 6) is -3.12. The fraction of sp³-hybridized carbons (Fsp3) is 0.0909. The minimum absolute atomic E-state index is 0.0433. The van der Waals surface area contributed by atoms with E-state index in [-0.39, 0.29) is 22.7 Å². The van der Waals surface area contributed by atoms with Crippen LogP contribution in [0.25, 0.3) is 0 Å². The number of amides is 2. The highest BCUT2D eigenvalue weighted by atomic mass is 19.2. The van der Waals surface area contributed by atoms with Gasteiger partial charge >= 0.3 is 0 Å². The lowest BCUT2D eigenvalue weighted by molar-refractivity contribution is 0.0955. The van der Waals surface area contributed by atoms with Gasteiger partial charge in [0.05, 0.1) is 11.3 Å². The third kappa shape index (κ3) is 4.79. The third-order valence-corrected chi connectivity index (χ3v) is 4.14. The molecule has 2 amide bonds. The summed E-state index contributed by atoms with van der Waals surface area (Å²) < 4.78 is 26.4. The molecule has 3 rings (SSSR count). The molecule has 142 valence electrons. The fourth-order valence-corrected chi connectivity index (χ4v) is 2.68. The highest BCUT2D eigenvalue weighted by Gasteiger charge is 2.15. The van der Waals surface area contributed by atoms with Gasteiger partial charge in [0.1, 0.15) is 0 Å². The van der Waals surface area contributed by atoms with E-state index < -0.39 is 17.5 Å². The van der Waals surface area contributed by atoms with Gasteiger partial charge in [0.2, 0.25) is 0 Å². The maximum Gasteiger partial charge on any atom is 0.255 e. The molecule has 0 aliphatic heterocycles. The lowest BCUT2D eigenvalue weighted by Crippen LogP contribution is -2.27. The minimum atomic E-state index is -1.11. The van der Waals surface area contributed by atoms with Crippen molar-refractivity contribution in [2.24, 2.45) is 0 Å². The van der Waals surface area contributed by atoms with Crippen LogP contribution < -0.4 is 10.6 Å². The van der Waals surface area contributed by atoms with Gasteiger partial charge in [-0.2, -0.15) is 0 Å². The predicted octanol–water partition coefficient (Wildman–Crippen LogP) is 4.19. The second-order valence-corrected chi connectivity index (χ2v) is 6.12. The van der Waals surface area contributed by atoms with Crippen LogP contribution in [0.2, 0.25) is 0 Å². The van der Waals surface area contributed by atoms with Gasteiger partial charge in [-0.25, -0.2) is 8.78 Å². The first kappa shape index (κ1) is 19.2. The molecule has 28 heavy (non-hydrogen) atoms. The van der Waals surface area contributed by atoms with Gasteiger partial charge in [-0.3, -0.25) is 9.59 Å². The molecule has 0 atom stereocenters. The number of hydrogen-bond acceptors (Lipinski definition) is 2. The topological polar surface area (TPSA) is 58.2 Å². The van der Waals surface area contributed by atoms with Crippen LogP contribution >= 0.6 is 0 Å². The SMILES string of the molecule is O=C(Nc1ccccc1C(=O)NCCc1ccccc1)c1ccc(F)c(F)c1. The van der Waals surface area contributed by atoms with Crippen LogP contribution in [0.4, 0.5) is 14.5 Å². The van der Waals surface area contributed by atoms with Gasteiger partial charge in [-0.1, -0.05) is 42.5 Å². The molecule has 0 unspecified atom stereocenters. The van der Waals surface area contributed by atoms with Crippen molar-refractivity contribution >= 4 is 17.5 Å². The Balaban J connectivity index is 1.67. The first-order valence-corrected chi connectivity index (χ1v) is 8.72. The molecule has 0 bridgehead atoms. The van der Waals surface area contributed by atoms with E-state index in [1.54, 1.807) is 24.3 Å². The first-order valence-electron chi connectivity index (χ1n) is 8.72. The Bertz CT molecular complexity index is 991. The van der Waals surface area contributed by atoms with Gasteiger partial charge in [-0.15, -0.1) is 0 Å². The molecule has 0 saturated heterocycles. The molecule has 0 aromatic heterocycles. The molecule has 4 nitrogen and oxygen atoms in total. The van der Waals surface area contributed by atoms with E-state index >= 15 is 0 Å². The highest BCUT2D eigenvalue weighted by Crippen LogP contribution is 2.17. The zero-order chi connectivity index (χ0) is 19.9. The number of carbonyl (C=O) groups excluding carboxylic acids is 2. The number of para-hydroxylation sites is 1. The summed E-state index contributed by atoms with van der Waals surface area (Å²) in [5.41, 5.74) is 1.63. The molecule has 3 aromatic rings. The van der Waals surface area contributed by atoms with E-state index in [1.165, 1.54) is 6.07 Å². The van der Waals surface area contributed by atoms with Gasteiger partial charge in [0.25, 0.3) is 11.8 Å². The maximum absolute atomic E-state index is 13.3. The molecular weight excluding hydrogens is 362 g/mol. The van der Waals surface area contributed by atoms with Crippen molar-refractivity contribution < 1.29 is 18.4 Å². The average Bonchev–Trinajstić information content (AvgIpc) is 2.71. The number of benzene rings is 3. The van der Waals surface area contributed by atoms with Gasteiger partial charge in [-0.05, 0) is 42.3 Å². The summed E-state index contributed by atoms with van der Waals surface area (Å²) in [4.78, 5) is 24.8. The van der Waals surface area contributed by atoms with E-state index in [0.717, 1.165) is 17.7 Å². The monoisotopic (exact) mass is 380 g/mol. The van der Waals surface area contributed by atoms with Gasteiger partial charge in [0.15, 0.2) is 11.6 Å². The second kappa shape index (κ2) is 8.90. The van der Waals surface area contributed by atoms with Crippen molar-refractivity contribution in [3.8, 4) is 0 Å². The van der Waals surface area contributed by atoms with E-state index in [9.17, 15) is 18.4 Å². The number of rotatable bonds is 6. The summed E-state index contributed by atoms with van der Waals surface area (Å²) in [6, 6.07) is 19.1. The summed E-state index contributed by atoms with van der Waals surface area (Å²) in [5, 5.41) is 5.39. The summed E-state index contributed by atoms with van der Waals surface area (Å²) in [6.45, 7) is 0.439. The molecule has 2 N–H and O–H groups in total. The summed E-state index contributed by atoms with van der Waals surface area (Å²) in [7, 11) is 0. The molecule has 0 saturated carbocycles. The number of carbonyl (C=O) groups is 2. The van der Waals surface area contributed by atoms with E-state index in [1.807, 2.05) is 30.3 Å². The Hall–Kier alpha value is -3.54. The van der Waals surface area contributed by atoms with Crippen LogP contribution in [0.3, 0.4) is 0 Å². The number of hydrogen-bond donors (Lipinski definition) is 2. The molecule has 6 heteroatoms. The Morgan fingerprint density at radius 2 is 1.50 bits per heavy atom. The Kier molecular flexibility index (Phi) is 6.11. The van der Waals surface area contributed by atoms with Crippen LogP contribution in [0.5, 0.6) is 0 Å². The Labute approximate surface area is 161 Å². The van der Waals surface area contributed by atoms with Crippen LogP contribution in [0, 0.1) is 11.6 Å². The van der Waals surface area contributed by atoms with Gasteiger partial charge < -0.3 is 10.6 Å². The normalized spacial score (nSPS) is 10.4. The Morgan fingerprint density at radius 1 is 0.786 bits per heavy atom. The summed E-state index contributed by atoms with van der Waals surface area (Å²) in [6.07, 6.45) is 0.677. The lowest BCUT2D eigenvalue weighted by atomic mass is 10.1. The van der Waals surface area contributed by atoms with Crippen LogP contribution in [0.15, 0.2) is 72.8 Å². The van der Waals surface area contributed by atoms with Crippen molar-refractivity contribution in [1.29, 1.82) is 0 Å². The zero-order valence-corrected chi connectivity index (χ0v) is 14.9. The average molecular weight is 380 g/mol. The van der Waals surface area contributed by atoms with E-state index in [0.29, 0.717) is 13.0 Å². The number of anilines is 1. The molecule has 0 spiro atoms. The van der Waals surface area contributed by atoms with Crippen LogP contribution in [-0.4, -0.2) is 18.4 Å². The summed E-state index contributed by atoms with van der Waals surface area (Å²) >= 11 is 0. The predicted molar refractivity (Wildman–Crippen MR) is 103 cm³/mol. The van der Waals surface area contributed by atoms with Crippen LogP contribution in [0.1, 0.15) is 26.3 Å². The molecule has 0 aliphatic rings. The number of halogens is 2. The molecule has 0 fully saturated rings. The molecular formula is C22H18F2N2O2. The molecule has 0 radical (unpaired) electrons. The number of nitrogens with one attached hydrogen (secondary N) is 2. The molecule has 3 aromatic carbocycles. The standard InChI is InChI=1S/C22H18F2N2O2/c23-18-11-10-16(14-19(18)24)21(27)26-20-9-5-4-8-17(20)22(28)25-13-12-15-6-2-1-3-7-15/h1-11,14H,12-13H2,(H,25,28)(H,26,27).